The number of hydrogen-bond donors (Lipinski definition) is 1. The van der Waals surface area contributed by atoms with Gasteiger partial charge in [-0.05, 0) is 30.2 Å². The van der Waals surface area contributed by atoms with Crippen LogP contribution in [0.1, 0.15) is 26.3 Å². The first kappa shape index (κ1) is 20.2. The van der Waals surface area contributed by atoms with Crippen LogP contribution >= 0.6 is 0 Å². The molecule has 25 heavy (non-hydrogen) atoms. The van der Waals surface area contributed by atoms with Gasteiger partial charge in [-0.25, -0.2) is 0 Å². The lowest BCUT2D eigenvalue weighted by molar-refractivity contribution is 0.00149. The van der Waals surface area contributed by atoms with E-state index in [9.17, 15) is 5.11 Å². The fraction of sp³-hybridized carbons (Fsp3) is 0.700. The Bertz CT molecular complexity index is 491. The van der Waals surface area contributed by atoms with E-state index in [2.05, 4.69) is 49.8 Å². The number of nitrogens with zero attached hydrogens (tertiary/aromatic N) is 2. The third-order valence-corrected chi connectivity index (χ3v) is 4.59. The number of piperazine rings is 1. The van der Waals surface area contributed by atoms with Crippen molar-refractivity contribution in [1.29, 1.82) is 0 Å². The second-order valence-electron chi connectivity index (χ2n) is 7.96. The molecule has 0 radical (unpaired) electrons. The van der Waals surface area contributed by atoms with Crippen LogP contribution in [-0.2, 0) is 10.2 Å². The standard InChI is InChI=1S/C20H34N2O3/c1-20(2,3)17-5-7-19(8-6-17)25-14-13-24-16-18(23)15-22-11-9-21(4)10-12-22/h5-8,18,23H,9-16H2,1-4H3/t18-/m1/s1. The summed E-state index contributed by atoms with van der Waals surface area (Å²) in [4.78, 5) is 4.60. The molecule has 0 bridgehead atoms. The van der Waals surface area contributed by atoms with Gasteiger partial charge in [0.15, 0.2) is 0 Å². The topological polar surface area (TPSA) is 45.2 Å². The van der Waals surface area contributed by atoms with Crippen molar-refractivity contribution in [3.8, 4) is 5.75 Å². The Morgan fingerprint density at radius 1 is 1.04 bits per heavy atom. The van der Waals surface area contributed by atoms with E-state index < -0.39 is 6.10 Å². The van der Waals surface area contributed by atoms with E-state index in [0.717, 1.165) is 31.9 Å². The number of aliphatic hydroxyl groups excluding tert-OH is 1. The van der Waals surface area contributed by atoms with Gasteiger partial charge < -0.3 is 19.5 Å². The molecule has 0 aromatic heterocycles. The molecule has 1 saturated heterocycles. The summed E-state index contributed by atoms with van der Waals surface area (Å²) in [5.74, 6) is 0.856. The van der Waals surface area contributed by atoms with Gasteiger partial charge in [0.2, 0.25) is 0 Å². The molecule has 1 fully saturated rings. The second-order valence-corrected chi connectivity index (χ2v) is 7.96. The summed E-state index contributed by atoms with van der Waals surface area (Å²) in [5.41, 5.74) is 1.45. The first-order valence-corrected chi connectivity index (χ1v) is 9.24. The van der Waals surface area contributed by atoms with Crippen molar-refractivity contribution in [3.63, 3.8) is 0 Å². The van der Waals surface area contributed by atoms with Gasteiger partial charge in [0.1, 0.15) is 12.4 Å². The highest BCUT2D eigenvalue weighted by Gasteiger charge is 2.17. The summed E-state index contributed by atoms with van der Waals surface area (Å²) in [5, 5.41) is 10.1. The fourth-order valence-corrected chi connectivity index (χ4v) is 2.87. The molecule has 5 nitrogen and oxygen atoms in total. The molecule has 0 amide bonds. The second kappa shape index (κ2) is 9.53. The van der Waals surface area contributed by atoms with E-state index >= 15 is 0 Å². The highest BCUT2D eigenvalue weighted by atomic mass is 16.5. The average Bonchev–Trinajstić information content (AvgIpc) is 2.56. The summed E-state index contributed by atoms with van der Waals surface area (Å²) in [6.07, 6.45) is -0.436. The molecule has 1 aliphatic rings. The van der Waals surface area contributed by atoms with Gasteiger partial charge >= 0.3 is 0 Å². The summed E-state index contributed by atoms with van der Waals surface area (Å²) in [6.45, 7) is 12.8. The molecule has 0 unspecified atom stereocenters. The quantitative estimate of drug-likeness (QED) is 0.727. The summed E-state index contributed by atoms with van der Waals surface area (Å²) in [7, 11) is 2.13. The Balaban J connectivity index is 1.57. The number of likely N-dealkylation sites (N-methyl/N-ethyl adjacent to an activating group) is 1. The molecule has 1 atom stereocenters. The maximum absolute atomic E-state index is 10.1. The van der Waals surface area contributed by atoms with Gasteiger partial charge in [-0.3, -0.25) is 4.90 Å². The lowest BCUT2D eigenvalue weighted by atomic mass is 9.87. The van der Waals surface area contributed by atoms with Gasteiger partial charge in [-0.1, -0.05) is 32.9 Å². The van der Waals surface area contributed by atoms with Crippen LogP contribution < -0.4 is 4.74 Å². The maximum atomic E-state index is 10.1. The summed E-state index contributed by atoms with van der Waals surface area (Å²) < 4.78 is 11.2. The largest absolute Gasteiger partial charge is 0.491 e. The fourth-order valence-electron chi connectivity index (χ4n) is 2.87. The van der Waals surface area contributed by atoms with Gasteiger partial charge in [-0.2, -0.15) is 0 Å². The summed E-state index contributed by atoms with van der Waals surface area (Å²) in [6, 6.07) is 8.22. The molecule has 0 saturated carbocycles. The molecular weight excluding hydrogens is 316 g/mol. The molecule has 1 aromatic carbocycles. The number of benzene rings is 1. The maximum Gasteiger partial charge on any atom is 0.119 e. The molecule has 2 rings (SSSR count). The zero-order valence-electron chi connectivity index (χ0n) is 16.2. The van der Waals surface area contributed by atoms with Crippen LogP contribution in [-0.4, -0.2) is 80.6 Å². The third-order valence-electron chi connectivity index (χ3n) is 4.59. The first-order valence-electron chi connectivity index (χ1n) is 9.24. The number of rotatable bonds is 8. The Morgan fingerprint density at radius 2 is 1.68 bits per heavy atom. The van der Waals surface area contributed by atoms with Crippen molar-refractivity contribution in [1.82, 2.24) is 9.80 Å². The third kappa shape index (κ3) is 7.32. The van der Waals surface area contributed by atoms with Crippen molar-refractivity contribution in [3.05, 3.63) is 29.8 Å². The van der Waals surface area contributed by atoms with Crippen LogP contribution in [0, 0.1) is 0 Å². The van der Waals surface area contributed by atoms with Gasteiger partial charge in [-0.15, -0.1) is 0 Å². The smallest absolute Gasteiger partial charge is 0.119 e. The molecule has 0 aliphatic carbocycles. The molecule has 0 spiro atoms. The zero-order valence-corrected chi connectivity index (χ0v) is 16.2. The van der Waals surface area contributed by atoms with E-state index in [0.29, 0.717) is 26.4 Å². The Morgan fingerprint density at radius 3 is 2.28 bits per heavy atom. The van der Waals surface area contributed by atoms with Crippen molar-refractivity contribution >= 4 is 0 Å². The minimum Gasteiger partial charge on any atom is -0.491 e. The molecule has 1 aromatic rings. The van der Waals surface area contributed by atoms with Crippen LogP contribution in [0.3, 0.4) is 0 Å². The van der Waals surface area contributed by atoms with Crippen molar-refractivity contribution in [2.24, 2.45) is 0 Å². The molecular formula is C20H34N2O3. The molecule has 142 valence electrons. The molecule has 1 N–H and O–H groups in total. The van der Waals surface area contributed by atoms with Crippen LogP contribution in [0.4, 0.5) is 0 Å². The van der Waals surface area contributed by atoms with E-state index in [4.69, 9.17) is 9.47 Å². The monoisotopic (exact) mass is 350 g/mol. The Hall–Kier alpha value is -1.14. The Kier molecular flexibility index (Phi) is 7.69. The molecule has 1 heterocycles. The van der Waals surface area contributed by atoms with E-state index in [-0.39, 0.29) is 5.41 Å². The minimum absolute atomic E-state index is 0.154. The zero-order chi connectivity index (χ0) is 18.3. The van der Waals surface area contributed by atoms with Crippen LogP contribution in [0.5, 0.6) is 5.75 Å². The van der Waals surface area contributed by atoms with Gasteiger partial charge in [0.25, 0.3) is 0 Å². The van der Waals surface area contributed by atoms with Crippen molar-refractivity contribution in [2.75, 3.05) is 59.6 Å². The SMILES string of the molecule is CN1CCN(C[C@@H](O)COCCOc2ccc(C(C)(C)C)cc2)CC1. The predicted molar refractivity (Wildman–Crippen MR) is 101 cm³/mol. The summed E-state index contributed by atoms with van der Waals surface area (Å²) >= 11 is 0. The lowest BCUT2D eigenvalue weighted by Crippen LogP contribution is -2.47. The van der Waals surface area contributed by atoms with Crippen LogP contribution in [0.2, 0.25) is 0 Å². The van der Waals surface area contributed by atoms with Crippen LogP contribution in [0.15, 0.2) is 24.3 Å². The first-order chi connectivity index (χ1) is 11.8. The number of ether oxygens (including phenoxy) is 2. The highest BCUT2D eigenvalue weighted by Crippen LogP contribution is 2.24. The van der Waals surface area contributed by atoms with Crippen molar-refractivity contribution in [2.45, 2.75) is 32.3 Å². The van der Waals surface area contributed by atoms with E-state index in [1.54, 1.807) is 0 Å². The number of hydrogen-bond acceptors (Lipinski definition) is 5. The van der Waals surface area contributed by atoms with Crippen molar-refractivity contribution < 1.29 is 14.6 Å². The molecule has 5 heteroatoms. The lowest BCUT2D eigenvalue weighted by Gasteiger charge is -2.33. The molecule has 1 aliphatic heterocycles. The minimum atomic E-state index is -0.436. The van der Waals surface area contributed by atoms with Gasteiger partial charge in [0, 0.05) is 32.7 Å². The van der Waals surface area contributed by atoms with E-state index in [1.165, 1.54) is 5.56 Å². The highest BCUT2D eigenvalue weighted by molar-refractivity contribution is 5.31. The predicted octanol–water partition coefficient (Wildman–Crippen LogP) is 1.99. The number of aliphatic hydroxyl groups is 1. The number of β-amino-alcohol motifs (C(OH)–C–C–N with tert-alkyl or cyclic N) is 1. The van der Waals surface area contributed by atoms with Crippen LogP contribution in [0.25, 0.3) is 0 Å². The van der Waals surface area contributed by atoms with Gasteiger partial charge in [0.05, 0.1) is 19.3 Å². The Labute approximate surface area is 152 Å². The van der Waals surface area contributed by atoms with E-state index in [1.807, 2.05) is 12.1 Å². The average molecular weight is 351 g/mol. The normalized spacial score (nSPS) is 18.3.